The van der Waals surface area contributed by atoms with Gasteiger partial charge in [-0.1, -0.05) is 24.6 Å². The van der Waals surface area contributed by atoms with Gasteiger partial charge in [-0.15, -0.1) is 0 Å². The van der Waals surface area contributed by atoms with Crippen LogP contribution in [-0.2, 0) is 0 Å². The smallest absolute Gasteiger partial charge is 0.253 e. The minimum Gasteiger partial charge on any atom is -0.349 e. The van der Waals surface area contributed by atoms with Gasteiger partial charge in [-0.25, -0.2) is 0 Å². The lowest BCUT2D eigenvalue weighted by Crippen LogP contribution is -2.39. The van der Waals surface area contributed by atoms with Crippen LogP contribution in [0.1, 0.15) is 29.6 Å². The molecule has 0 spiro atoms. The van der Waals surface area contributed by atoms with Crippen LogP contribution in [0.5, 0.6) is 0 Å². The van der Waals surface area contributed by atoms with E-state index in [4.69, 9.17) is 5.73 Å². The third-order valence-electron chi connectivity index (χ3n) is 4.16. The van der Waals surface area contributed by atoms with Crippen LogP contribution in [0.2, 0.25) is 0 Å². The average Bonchev–Trinajstić information content (AvgIpc) is 2.93. The van der Waals surface area contributed by atoms with Crippen LogP contribution in [0.15, 0.2) is 36.5 Å². The summed E-state index contributed by atoms with van der Waals surface area (Å²) in [5.41, 5.74) is 7.17. The molecule has 20 heavy (non-hydrogen) atoms. The van der Waals surface area contributed by atoms with Gasteiger partial charge in [-0.2, -0.15) is 0 Å². The molecule has 2 atom stereocenters. The third kappa shape index (κ3) is 2.39. The fraction of sp³-hybridized carbons (Fsp3) is 0.375. The van der Waals surface area contributed by atoms with Crippen LogP contribution in [0.3, 0.4) is 0 Å². The molecule has 0 radical (unpaired) electrons. The Morgan fingerprint density at radius 3 is 3.00 bits per heavy atom. The molecule has 1 heterocycles. The number of para-hydroxylation sites is 1. The summed E-state index contributed by atoms with van der Waals surface area (Å²) in [6, 6.07) is 9.75. The molecule has 3 N–H and O–H groups in total. The second-order valence-corrected chi connectivity index (χ2v) is 5.39. The van der Waals surface area contributed by atoms with E-state index in [1.54, 1.807) is 6.20 Å². The van der Waals surface area contributed by atoms with E-state index in [1.807, 2.05) is 30.3 Å². The van der Waals surface area contributed by atoms with Gasteiger partial charge in [-0.05, 0) is 37.4 Å². The van der Waals surface area contributed by atoms with Gasteiger partial charge < -0.3 is 11.1 Å². The molecule has 4 nitrogen and oxygen atoms in total. The van der Waals surface area contributed by atoms with Gasteiger partial charge in [0.15, 0.2) is 0 Å². The Morgan fingerprint density at radius 1 is 1.30 bits per heavy atom. The maximum atomic E-state index is 12.5. The Hall–Kier alpha value is -1.94. The van der Waals surface area contributed by atoms with Crippen LogP contribution in [-0.4, -0.2) is 23.5 Å². The number of nitrogens with two attached hydrogens (primary N) is 1. The minimum atomic E-state index is -0.0420. The largest absolute Gasteiger partial charge is 0.349 e. The lowest BCUT2D eigenvalue weighted by Gasteiger charge is -2.19. The topological polar surface area (TPSA) is 68.0 Å². The Bertz CT molecular complexity index is 621. The summed E-state index contributed by atoms with van der Waals surface area (Å²) in [6.07, 6.45) is 4.99. The number of amides is 1. The molecule has 0 aliphatic heterocycles. The second-order valence-electron chi connectivity index (χ2n) is 5.39. The standard InChI is InChI=1S/C16H19N3O/c17-10-12-5-2-8-14(12)19-16(20)13-7-1-4-11-6-3-9-18-15(11)13/h1,3-4,6-7,9,12,14H,2,5,8,10,17H2,(H,19,20). The van der Waals surface area contributed by atoms with Crippen molar-refractivity contribution in [3.63, 3.8) is 0 Å². The molecule has 1 aromatic carbocycles. The van der Waals surface area contributed by atoms with Crippen molar-refractivity contribution in [3.05, 3.63) is 42.1 Å². The normalized spacial score (nSPS) is 22.1. The lowest BCUT2D eigenvalue weighted by molar-refractivity contribution is 0.0930. The van der Waals surface area contributed by atoms with Crippen LogP contribution >= 0.6 is 0 Å². The van der Waals surface area contributed by atoms with Crippen LogP contribution in [0.25, 0.3) is 10.9 Å². The summed E-state index contributed by atoms with van der Waals surface area (Å²) in [6.45, 7) is 0.638. The van der Waals surface area contributed by atoms with Crippen molar-refractivity contribution in [2.24, 2.45) is 11.7 Å². The number of fused-ring (bicyclic) bond motifs is 1. The van der Waals surface area contributed by atoms with Gasteiger partial charge in [0, 0.05) is 17.6 Å². The molecule has 0 saturated heterocycles. The molecule has 1 fully saturated rings. The van der Waals surface area contributed by atoms with Crippen LogP contribution in [0, 0.1) is 5.92 Å². The Morgan fingerprint density at radius 2 is 2.15 bits per heavy atom. The number of hydrogen-bond donors (Lipinski definition) is 2. The number of carbonyl (C=O) groups excluding carboxylic acids is 1. The summed E-state index contributed by atoms with van der Waals surface area (Å²) in [5, 5.41) is 4.12. The van der Waals surface area contributed by atoms with E-state index in [2.05, 4.69) is 10.3 Å². The molecule has 1 amide bonds. The van der Waals surface area contributed by atoms with Gasteiger partial charge in [-0.3, -0.25) is 9.78 Å². The number of hydrogen-bond acceptors (Lipinski definition) is 3. The number of pyridine rings is 1. The Labute approximate surface area is 118 Å². The highest BCUT2D eigenvalue weighted by Crippen LogP contribution is 2.25. The molecule has 1 aliphatic rings. The van der Waals surface area contributed by atoms with E-state index in [1.165, 1.54) is 0 Å². The fourth-order valence-electron chi connectivity index (χ4n) is 3.04. The van der Waals surface area contributed by atoms with Gasteiger partial charge >= 0.3 is 0 Å². The molecule has 1 aromatic heterocycles. The zero-order chi connectivity index (χ0) is 13.9. The predicted molar refractivity (Wildman–Crippen MR) is 79.4 cm³/mol. The van der Waals surface area contributed by atoms with Crippen molar-refractivity contribution in [2.45, 2.75) is 25.3 Å². The first-order valence-electron chi connectivity index (χ1n) is 7.14. The molecule has 3 rings (SSSR count). The highest BCUT2D eigenvalue weighted by molar-refractivity contribution is 6.05. The number of nitrogens with one attached hydrogen (secondary N) is 1. The van der Waals surface area contributed by atoms with Gasteiger partial charge in [0.2, 0.25) is 0 Å². The molecule has 2 aromatic rings. The third-order valence-corrected chi connectivity index (χ3v) is 4.16. The quantitative estimate of drug-likeness (QED) is 0.896. The maximum absolute atomic E-state index is 12.5. The van der Waals surface area contributed by atoms with E-state index >= 15 is 0 Å². The first kappa shape index (κ1) is 13.1. The Kier molecular flexibility index (Phi) is 3.65. The monoisotopic (exact) mass is 269 g/mol. The molecule has 104 valence electrons. The van der Waals surface area contributed by atoms with Crippen molar-refractivity contribution >= 4 is 16.8 Å². The molecule has 1 saturated carbocycles. The van der Waals surface area contributed by atoms with Crippen molar-refractivity contribution in [1.82, 2.24) is 10.3 Å². The van der Waals surface area contributed by atoms with Gasteiger partial charge in [0.1, 0.15) is 0 Å². The number of aromatic nitrogens is 1. The second kappa shape index (κ2) is 5.59. The molecule has 4 heteroatoms. The Balaban J connectivity index is 1.86. The maximum Gasteiger partial charge on any atom is 0.253 e. The molecule has 1 aliphatic carbocycles. The number of rotatable bonds is 3. The zero-order valence-electron chi connectivity index (χ0n) is 11.4. The summed E-state index contributed by atoms with van der Waals surface area (Å²) in [5.74, 6) is 0.363. The van der Waals surface area contributed by atoms with E-state index in [0.717, 1.165) is 30.2 Å². The average molecular weight is 269 g/mol. The van der Waals surface area contributed by atoms with E-state index in [0.29, 0.717) is 18.0 Å². The van der Waals surface area contributed by atoms with Gasteiger partial charge in [0.25, 0.3) is 5.91 Å². The molecule has 0 bridgehead atoms. The molecular weight excluding hydrogens is 250 g/mol. The zero-order valence-corrected chi connectivity index (χ0v) is 11.4. The molecular formula is C16H19N3O. The number of nitrogens with zero attached hydrogens (tertiary/aromatic N) is 1. The molecule has 2 unspecified atom stereocenters. The predicted octanol–water partition coefficient (Wildman–Crippen LogP) is 2.09. The van der Waals surface area contributed by atoms with Crippen molar-refractivity contribution in [3.8, 4) is 0 Å². The van der Waals surface area contributed by atoms with E-state index in [9.17, 15) is 4.79 Å². The number of carbonyl (C=O) groups is 1. The van der Waals surface area contributed by atoms with Crippen molar-refractivity contribution < 1.29 is 4.79 Å². The summed E-state index contributed by atoms with van der Waals surface area (Å²) >= 11 is 0. The van der Waals surface area contributed by atoms with Crippen molar-refractivity contribution in [2.75, 3.05) is 6.54 Å². The first-order valence-corrected chi connectivity index (χ1v) is 7.14. The minimum absolute atomic E-state index is 0.0420. The fourth-order valence-corrected chi connectivity index (χ4v) is 3.04. The van der Waals surface area contributed by atoms with Crippen LogP contribution in [0.4, 0.5) is 0 Å². The van der Waals surface area contributed by atoms with E-state index in [-0.39, 0.29) is 11.9 Å². The van der Waals surface area contributed by atoms with Crippen molar-refractivity contribution in [1.29, 1.82) is 0 Å². The summed E-state index contributed by atoms with van der Waals surface area (Å²) in [4.78, 5) is 16.8. The van der Waals surface area contributed by atoms with Gasteiger partial charge in [0.05, 0.1) is 11.1 Å². The summed E-state index contributed by atoms with van der Waals surface area (Å²) in [7, 11) is 0. The van der Waals surface area contributed by atoms with Crippen LogP contribution < -0.4 is 11.1 Å². The highest BCUT2D eigenvalue weighted by atomic mass is 16.1. The number of benzene rings is 1. The SMILES string of the molecule is NCC1CCCC1NC(=O)c1cccc2cccnc12. The highest BCUT2D eigenvalue weighted by Gasteiger charge is 2.28. The van der Waals surface area contributed by atoms with E-state index < -0.39 is 0 Å². The lowest BCUT2D eigenvalue weighted by atomic mass is 10.0. The first-order chi connectivity index (χ1) is 9.79. The summed E-state index contributed by atoms with van der Waals surface area (Å²) < 4.78 is 0.